The number of alkyl halides is 3. The number of fused-ring (bicyclic) bond motifs is 2. The molecule has 144 valence electrons. The lowest BCUT2D eigenvalue weighted by atomic mass is 10.00. The Morgan fingerprint density at radius 3 is 2.35 bits per heavy atom. The maximum atomic E-state index is 13.0. The zero-order valence-electron chi connectivity index (χ0n) is 15.2. The van der Waals surface area contributed by atoms with Crippen molar-refractivity contribution < 1.29 is 27.4 Å². The zero-order chi connectivity index (χ0) is 19.1. The quantitative estimate of drug-likeness (QED) is 0.741. The lowest BCUT2D eigenvalue weighted by Gasteiger charge is -2.36. The molecule has 2 aliphatic rings. The van der Waals surface area contributed by atoms with E-state index < -0.39 is 23.8 Å². The monoisotopic (exact) mass is 371 g/mol. The fourth-order valence-electron chi connectivity index (χ4n) is 3.88. The third kappa shape index (κ3) is 3.98. The van der Waals surface area contributed by atoms with E-state index in [1.165, 1.54) is 6.07 Å². The number of esters is 1. The molecular weight excluding hydrogens is 347 g/mol. The number of carbonyl (C=O) groups is 1. The number of halogens is 3. The van der Waals surface area contributed by atoms with Crippen LogP contribution in [0.2, 0.25) is 0 Å². The fraction of sp³-hybridized carbons (Fsp3) is 0.632. The molecule has 0 amide bonds. The molecule has 2 bridgehead atoms. The van der Waals surface area contributed by atoms with E-state index in [0.717, 1.165) is 37.8 Å². The van der Waals surface area contributed by atoms with Gasteiger partial charge in [0, 0.05) is 12.1 Å². The summed E-state index contributed by atoms with van der Waals surface area (Å²) >= 11 is 0. The lowest BCUT2D eigenvalue weighted by Crippen LogP contribution is -2.44. The Bertz CT molecular complexity index is 660. The summed E-state index contributed by atoms with van der Waals surface area (Å²) in [7, 11) is 2.10. The van der Waals surface area contributed by atoms with Gasteiger partial charge in [-0.05, 0) is 64.8 Å². The van der Waals surface area contributed by atoms with Gasteiger partial charge in [-0.1, -0.05) is 0 Å². The van der Waals surface area contributed by atoms with Crippen LogP contribution in [0.1, 0.15) is 55.5 Å². The molecule has 1 unspecified atom stereocenters. The molecular formula is C19H24F3NO3. The van der Waals surface area contributed by atoms with Crippen LogP contribution < -0.4 is 4.74 Å². The van der Waals surface area contributed by atoms with Crippen LogP contribution >= 0.6 is 0 Å². The van der Waals surface area contributed by atoms with Gasteiger partial charge in [0.1, 0.15) is 17.4 Å². The van der Waals surface area contributed by atoms with Crippen LogP contribution in [0.25, 0.3) is 0 Å². The highest BCUT2D eigenvalue weighted by molar-refractivity contribution is 5.93. The third-order valence-electron chi connectivity index (χ3n) is 5.22. The standard InChI is InChI=1S/C19H24F3NO3/c1-11(2)25-18(24)16-8-12(19(20,21)22)4-7-17(16)26-15-9-13-5-6-14(10-15)23(13)3/h4,7-8,11,13-15H,5-6,9-10H2,1-3H3/t13-,14+,15?. The third-order valence-corrected chi connectivity index (χ3v) is 5.22. The predicted octanol–water partition coefficient (Wildman–Crippen LogP) is 4.27. The highest BCUT2D eigenvalue weighted by Crippen LogP contribution is 2.38. The van der Waals surface area contributed by atoms with Gasteiger partial charge in [0.25, 0.3) is 0 Å². The minimum Gasteiger partial charge on any atom is -0.489 e. The summed E-state index contributed by atoms with van der Waals surface area (Å²) in [6.07, 6.45) is -1.22. The number of ether oxygens (including phenoxy) is 2. The summed E-state index contributed by atoms with van der Waals surface area (Å²) in [4.78, 5) is 14.7. The van der Waals surface area contributed by atoms with E-state index in [1.807, 2.05) is 0 Å². The average Bonchev–Trinajstić information content (AvgIpc) is 2.75. The first-order chi connectivity index (χ1) is 12.1. The molecule has 0 N–H and O–H groups in total. The Balaban J connectivity index is 1.84. The number of rotatable bonds is 4. The summed E-state index contributed by atoms with van der Waals surface area (Å²) < 4.78 is 50.2. The molecule has 0 aromatic heterocycles. The molecule has 0 saturated carbocycles. The molecule has 0 spiro atoms. The molecule has 1 aromatic carbocycles. The minimum absolute atomic E-state index is 0.106. The van der Waals surface area contributed by atoms with Gasteiger partial charge in [0.05, 0.1) is 11.7 Å². The molecule has 2 aliphatic heterocycles. The highest BCUT2D eigenvalue weighted by Gasteiger charge is 2.40. The van der Waals surface area contributed by atoms with E-state index in [0.29, 0.717) is 12.1 Å². The van der Waals surface area contributed by atoms with E-state index in [9.17, 15) is 18.0 Å². The minimum atomic E-state index is -4.53. The molecule has 2 heterocycles. The Morgan fingerprint density at radius 2 is 1.81 bits per heavy atom. The highest BCUT2D eigenvalue weighted by atomic mass is 19.4. The topological polar surface area (TPSA) is 38.8 Å². The summed E-state index contributed by atoms with van der Waals surface area (Å²) in [6.45, 7) is 3.31. The van der Waals surface area contributed by atoms with Crippen LogP contribution in [0.3, 0.4) is 0 Å². The zero-order valence-corrected chi connectivity index (χ0v) is 15.2. The van der Waals surface area contributed by atoms with Gasteiger partial charge >= 0.3 is 12.1 Å². The van der Waals surface area contributed by atoms with Crippen LogP contribution in [-0.2, 0) is 10.9 Å². The SMILES string of the molecule is CC(C)OC(=O)c1cc(C(F)(F)F)ccc1OC1C[C@H]2CC[C@@H](C1)N2C. The number of hydrogen-bond donors (Lipinski definition) is 0. The number of nitrogens with zero attached hydrogens (tertiary/aromatic N) is 1. The van der Waals surface area contributed by atoms with Gasteiger partial charge in [-0.2, -0.15) is 13.2 Å². The van der Waals surface area contributed by atoms with Crippen molar-refractivity contribution in [3.8, 4) is 5.75 Å². The maximum absolute atomic E-state index is 13.0. The molecule has 26 heavy (non-hydrogen) atoms. The lowest BCUT2D eigenvalue weighted by molar-refractivity contribution is -0.137. The Morgan fingerprint density at radius 1 is 1.19 bits per heavy atom. The van der Waals surface area contributed by atoms with E-state index in [2.05, 4.69) is 11.9 Å². The van der Waals surface area contributed by atoms with E-state index in [4.69, 9.17) is 9.47 Å². The first-order valence-electron chi connectivity index (χ1n) is 8.96. The van der Waals surface area contributed by atoms with Crippen molar-refractivity contribution in [2.45, 2.75) is 70.0 Å². The second kappa shape index (κ2) is 7.10. The second-order valence-electron chi connectivity index (χ2n) is 7.42. The van der Waals surface area contributed by atoms with Crippen molar-refractivity contribution in [3.05, 3.63) is 29.3 Å². The summed E-state index contributed by atoms with van der Waals surface area (Å²) in [5.41, 5.74) is -1.05. The number of benzene rings is 1. The molecule has 2 fully saturated rings. The van der Waals surface area contributed by atoms with Crippen molar-refractivity contribution in [1.29, 1.82) is 0 Å². The first-order valence-corrected chi connectivity index (χ1v) is 8.96. The molecule has 0 radical (unpaired) electrons. The normalized spacial score (nSPS) is 26.2. The Hall–Kier alpha value is -1.76. The van der Waals surface area contributed by atoms with Crippen LogP contribution in [0.15, 0.2) is 18.2 Å². The van der Waals surface area contributed by atoms with Gasteiger partial charge in [0.2, 0.25) is 0 Å². The second-order valence-corrected chi connectivity index (χ2v) is 7.42. The van der Waals surface area contributed by atoms with Crippen LogP contribution in [0, 0.1) is 0 Å². The van der Waals surface area contributed by atoms with Crippen LogP contribution in [-0.4, -0.2) is 42.2 Å². The number of carbonyl (C=O) groups excluding carboxylic acids is 1. The maximum Gasteiger partial charge on any atom is 0.416 e. The molecule has 4 nitrogen and oxygen atoms in total. The molecule has 0 aliphatic carbocycles. The molecule has 3 atom stereocenters. The van der Waals surface area contributed by atoms with Crippen LogP contribution in [0.4, 0.5) is 13.2 Å². The van der Waals surface area contributed by atoms with E-state index in [1.54, 1.807) is 13.8 Å². The van der Waals surface area contributed by atoms with Crippen molar-refractivity contribution in [1.82, 2.24) is 4.90 Å². The van der Waals surface area contributed by atoms with Gasteiger partial charge in [-0.25, -0.2) is 4.79 Å². The molecule has 7 heteroatoms. The van der Waals surface area contributed by atoms with E-state index >= 15 is 0 Å². The number of hydrogen-bond acceptors (Lipinski definition) is 4. The first kappa shape index (κ1) is 19.0. The smallest absolute Gasteiger partial charge is 0.416 e. The van der Waals surface area contributed by atoms with Gasteiger partial charge < -0.3 is 14.4 Å². The molecule has 1 aromatic rings. The molecule has 2 saturated heterocycles. The van der Waals surface area contributed by atoms with Crippen molar-refractivity contribution in [3.63, 3.8) is 0 Å². The van der Waals surface area contributed by atoms with Gasteiger partial charge in [-0.3, -0.25) is 0 Å². The van der Waals surface area contributed by atoms with Crippen molar-refractivity contribution in [2.75, 3.05) is 7.05 Å². The largest absolute Gasteiger partial charge is 0.489 e. The Kier molecular flexibility index (Phi) is 5.19. The predicted molar refractivity (Wildman–Crippen MR) is 90.2 cm³/mol. The van der Waals surface area contributed by atoms with Crippen molar-refractivity contribution >= 4 is 5.97 Å². The Labute approximate surface area is 151 Å². The van der Waals surface area contributed by atoms with Crippen molar-refractivity contribution in [2.24, 2.45) is 0 Å². The summed E-state index contributed by atoms with van der Waals surface area (Å²) in [5.74, 6) is -0.630. The number of piperidine rings is 1. The average molecular weight is 371 g/mol. The van der Waals surface area contributed by atoms with Crippen LogP contribution in [0.5, 0.6) is 5.75 Å². The van der Waals surface area contributed by atoms with Gasteiger partial charge in [-0.15, -0.1) is 0 Å². The fourth-order valence-corrected chi connectivity index (χ4v) is 3.88. The summed E-state index contributed by atoms with van der Waals surface area (Å²) in [6, 6.07) is 3.87. The summed E-state index contributed by atoms with van der Waals surface area (Å²) in [5, 5.41) is 0. The van der Waals surface area contributed by atoms with Gasteiger partial charge in [0.15, 0.2) is 0 Å². The van der Waals surface area contributed by atoms with E-state index in [-0.39, 0.29) is 17.4 Å². The molecule has 3 rings (SSSR count).